The van der Waals surface area contributed by atoms with E-state index in [0.717, 1.165) is 106 Å². The number of benzene rings is 16. The van der Waals surface area contributed by atoms with Gasteiger partial charge in [-0.3, -0.25) is 0 Å². The molecule has 1 aliphatic rings. The molecule has 16 aromatic carbocycles. The topological polar surface area (TPSA) is 191 Å². The summed E-state index contributed by atoms with van der Waals surface area (Å²) in [6, 6.07) is 139. The summed E-state index contributed by atoms with van der Waals surface area (Å²) in [4.78, 5) is 48.7. The summed E-state index contributed by atoms with van der Waals surface area (Å²) >= 11 is 0. The Morgan fingerprint density at radius 2 is 0.466 bits per heavy atom. The number of fused-ring (bicyclic) bond motifs is 2. The normalized spacial score (nSPS) is 12.7. The van der Waals surface area contributed by atoms with Crippen molar-refractivity contribution >= 4 is 44.2 Å². The van der Waals surface area contributed by atoms with Gasteiger partial charge in [0.25, 0.3) is 0 Å². The molecule has 0 aliphatic carbocycles. The van der Waals surface area contributed by atoms with Crippen LogP contribution in [-0.4, -0.2) is 82.1 Å². The molecule has 0 amide bonds. The van der Waals surface area contributed by atoms with Crippen LogP contribution in [-0.2, 0) is 19.4 Å². The fraction of sp³-hybridized carbons (Fsp3) is 0.0619. The lowest BCUT2D eigenvalue weighted by molar-refractivity contribution is -0.0499. The van der Waals surface area contributed by atoms with Gasteiger partial charge in [0.2, 0.25) is 0 Å². The summed E-state index contributed by atoms with van der Waals surface area (Å²) < 4.78 is 79.9. The van der Waals surface area contributed by atoms with Crippen LogP contribution in [0.25, 0.3) is 191 Å². The summed E-state index contributed by atoms with van der Waals surface area (Å²) in [6.07, 6.45) is 0. The summed E-state index contributed by atoms with van der Waals surface area (Å²) in [5, 5.41) is 3.13. The number of nitrogens with zero attached hydrogens (tertiary/aromatic N) is 10. The first-order valence-electron chi connectivity index (χ1n) is 43.3. The Labute approximate surface area is 768 Å². The molecule has 0 bridgehead atoms. The fourth-order valence-corrected chi connectivity index (χ4v) is 16.3. The molecule has 1 saturated heterocycles. The van der Waals surface area contributed by atoms with Crippen molar-refractivity contribution in [3.63, 3.8) is 0 Å². The Balaban J connectivity index is 0.000000134. The molecule has 133 heavy (non-hydrogen) atoms. The molecule has 1 fully saturated rings. The van der Waals surface area contributed by atoms with Crippen LogP contribution in [0.4, 0.5) is 13.2 Å². The predicted octanol–water partition coefficient (Wildman–Crippen LogP) is 26.8. The molecular weight excluding hydrogens is 1680 g/mol. The third-order valence-corrected chi connectivity index (χ3v) is 24.4. The maximum Gasteiger partial charge on any atom is 0.534 e. The van der Waals surface area contributed by atoms with Crippen molar-refractivity contribution in [2.75, 3.05) is 0 Å². The Hall–Kier alpha value is -16.3. The van der Waals surface area contributed by atoms with Crippen LogP contribution in [0, 0.1) is 0 Å². The number of rotatable bonds is 18. The van der Waals surface area contributed by atoms with Crippen molar-refractivity contribution in [1.29, 1.82) is 0 Å². The van der Waals surface area contributed by atoms with Gasteiger partial charge in [0.1, 0.15) is 0 Å². The van der Waals surface area contributed by atoms with Crippen molar-refractivity contribution in [3.8, 4) is 175 Å². The summed E-state index contributed by atoms with van der Waals surface area (Å²) in [5.74, 6) is 4.37. The van der Waals surface area contributed by atoms with Gasteiger partial charge in [-0.05, 0) is 101 Å². The zero-order chi connectivity index (χ0) is 91.1. The second-order valence-electron chi connectivity index (χ2n) is 32.8. The van der Waals surface area contributed by atoms with Crippen molar-refractivity contribution in [2.45, 2.75) is 44.4 Å². The van der Waals surface area contributed by atoms with E-state index in [1.54, 1.807) is 48.5 Å². The van der Waals surface area contributed by atoms with Gasteiger partial charge in [0.15, 0.2) is 52.3 Å². The molecule has 0 radical (unpaired) electrons. The summed E-state index contributed by atoms with van der Waals surface area (Å²) in [5.41, 5.74) is 15.2. The molecule has 0 spiro atoms. The number of hydrogen-bond donors (Lipinski definition) is 0. The maximum atomic E-state index is 13.1. The van der Waals surface area contributed by atoms with E-state index in [-0.39, 0.29) is 23.7 Å². The number of alkyl halides is 3. The number of hydrogen-bond acceptors (Lipinski definition) is 15. The van der Waals surface area contributed by atoms with E-state index >= 15 is 0 Å². The standard InChI is InChI=1S/C53H35N5.C32H20F3N3O3S.C28H27BN2O2/c1-5-15-38(16-6-1)47-35-48(55-50(54-47)41-17-7-2-8-18-41)39-31-27-36(28-32-39)45-25-13-23-40-24-14-26-46(49(40)45)37-29-33-44(34-30-37)53-57-51(42-19-9-3-10-20-42)56-52(58-53)43-21-11-4-12-22-43;33-32(34,35)42(39,40)41-27-16-8-14-22-13-7-15-26(28(22)27)21-17-19-25(20-18-21)31-37-29(23-9-3-1-4-10-23)36-30(38-31)24-11-5-2-6-12-24;1-27(2)28(3,4)33-29(32-27)23-17-15-21(16-18-23)25-19-24(20-11-7-5-8-12-20)30-26(31-25)22-13-9-6-10-14-22/h1-35H;1-20H;5-19H,1-4H3. The molecule has 644 valence electrons. The van der Waals surface area contributed by atoms with Crippen molar-refractivity contribution in [3.05, 3.63) is 425 Å². The molecular formula is C113H82BF3N10O5S. The largest absolute Gasteiger partial charge is 0.534 e. The SMILES string of the molecule is CC1(C)OB(c2ccc(-c3cc(-c4ccccc4)nc(-c4ccccc4)n3)cc2)OC1(C)C.O=S(=O)(Oc1cccc2cccc(-c3ccc(-c4nc(-c5ccccc5)nc(-c5ccccc5)n4)cc3)c12)C(F)(F)F.c1ccc(-c2cc(-c3ccc(-c4cccc5cccc(-c6ccc(-c7nc(-c8ccccc8)nc(-c8ccccc8)n7)cc6)c45)cc3)nc(-c3ccccc3)n2)cc1. The molecule has 15 nitrogen and oxygen atoms in total. The van der Waals surface area contributed by atoms with E-state index in [4.69, 9.17) is 54.2 Å². The van der Waals surface area contributed by atoms with Crippen LogP contribution >= 0.6 is 0 Å². The lowest BCUT2D eigenvalue weighted by Crippen LogP contribution is -2.41. The first-order valence-corrected chi connectivity index (χ1v) is 44.7. The van der Waals surface area contributed by atoms with Crippen LogP contribution in [0.2, 0.25) is 0 Å². The minimum atomic E-state index is -5.86. The average molecular weight is 1760 g/mol. The first kappa shape index (κ1) is 86.1. The monoisotopic (exact) mass is 1760 g/mol. The number of aromatic nitrogens is 10. The quantitative estimate of drug-likeness (QED) is 0.0447. The van der Waals surface area contributed by atoms with E-state index in [1.807, 2.05) is 212 Å². The van der Waals surface area contributed by atoms with Crippen molar-refractivity contribution < 1.29 is 35.1 Å². The highest BCUT2D eigenvalue weighted by Gasteiger charge is 2.52. The molecule has 5 heterocycles. The van der Waals surface area contributed by atoms with Gasteiger partial charge >= 0.3 is 22.7 Å². The van der Waals surface area contributed by atoms with Gasteiger partial charge in [-0.1, -0.05) is 406 Å². The highest BCUT2D eigenvalue weighted by atomic mass is 32.2. The third kappa shape index (κ3) is 19.0. The van der Waals surface area contributed by atoms with E-state index in [9.17, 15) is 21.6 Å². The lowest BCUT2D eigenvalue weighted by atomic mass is 9.79. The van der Waals surface area contributed by atoms with E-state index in [1.165, 1.54) is 28.5 Å². The average Bonchev–Trinajstić information content (AvgIpc) is 1.75. The molecule has 1 aliphatic heterocycles. The van der Waals surface area contributed by atoms with Gasteiger partial charge < -0.3 is 13.5 Å². The van der Waals surface area contributed by atoms with Crippen LogP contribution in [0.15, 0.2) is 425 Å². The minimum Gasteiger partial charge on any atom is -0.399 e. The van der Waals surface area contributed by atoms with Crippen molar-refractivity contribution in [2.24, 2.45) is 0 Å². The molecule has 21 rings (SSSR count). The smallest absolute Gasteiger partial charge is 0.399 e. The van der Waals surface area contributed by atoms with Gasteiger partial charge in [-0.15, -0.1) is 0 Å². The maximum absolute atomic E-state index is 13.1. The van der Waals surface area contributed by atoms with Crippen LogP contribution in [0.3, 0.4) is 0 Å². The van der Waals surface area contributed by atoms with Crippen molar-refractivity contribution in [1.82, 2.24) is 49.8 Å². The van der Waals surface area contributed by atoms with E-state index in [0.29, 0.717) is 68.7 Å². The lowest BCUT2D eigenvalue weighted by Gasteiger charge is -2.32. The van der Waals surface area contributed by atoms with E-state index < -0.39 is 21.4 Å². The highest BCUT2D eigenvalue weighted by molar-refractivity contribution is 7.88. The van der Waals surface area contributed by atoms with Crippen LogP contribution in [0.1, 0.15) is 27.7 Å². The zero-order valence-corrected chi connectivity index (χ0v) is 73.4. The van der Waals surface area contributed by atoms with Crippen LogP contribution < -0.4 is 9.65 Å². The van der Waals surface area contributed by atoms with Crippen LogP contribution in [0.5, 0.6) is 5.75 Å². The molecule has 20 aromatic rings. The second-order valence-corrected chi connectivity index (χ2v) is 34.3. The van der Waals surface area contributed by atoms with Gasteiger partial charge in [-0.25, -0.2) is 49.8 Å². The fourth-order valence-electron chi connectivity index (χ4n) is 15.8. The van der Waals surface area contributed by atoms with Gasteiger partial charge in [-0.2, -0.15) is 21.6 Å². The summed E-state index contributed by atoms with van der Waals surface area (Å²) in [6.45, 7) is 8.27. The Morgan fingerprint density at radius 1 is 0.248 bits per heavy atom. The second kappa shape index (κ2) is 37.4. The van der Waals surface area contributed by atoms with E-state index in [2.05, 4.69) is 189 Å². The molecule has 0 saturated carbocycles. The molecule has 0 unspecified atom stereocenters. The van der Waals surface area contributed by atoms with Gasteiger partial charge in [0.05, 0.1) is 34.0 Å². The first-order chi connectivity index (χ1) is 64.7. The minimum absolute atomic E-state index is 0.235. The highest BCUT2D eigenvalue weighted by Crippen LogP contribution is 2.43. The van der Waals surface area contributed by atoms with Gasteiger partial charge in [0, 0.05) is 72.1 Å². The number of halogens is 3. The molecule has 4 aromatic heterocycles. The third-order valence-electron chi connectivity index (χ3n) is 23.4. The molecule has 0 atom stereocenters. The zero-order valence-electron chi connectivity index (χ0n) is 72.5. The Bertz CT molecular complexity index is 7220. The molecule has 20 heteroatoms. The Kier molecular flexibility index (Phi) is 24.3. The predicted molar refractivity (Wildman–Crippen MR) is 525 cm³/mol. The summed E-state index contributed by atoms with van der Waals surface area (Å²) in [7, 11) is -6.24. The molecule has 0 N–H and O–H groups in total. The Morgan fingerprint density at radius 3 is 0.752 bits per heavy atom.